The van der Waals surface area contributed by atoms with Crippen molar-refractivity contribution in [3.05, 3.63) is 0 Å². The van der Waals surface area contributed by atoms with E-state index in [4.69, 9.17) is 10.5 Å². The van der Waals surface area contributed by atoms with Gasteiger partial charge < -0.3 is 20.7 Å². The average molecular weight is 422 g/mol. The van der Waals surface area contributed by atoms with E-state index in [0.29, 0.717) is 13.0 Å². The van der Waals surface area contributed by atoms with Crippen molar-refractivity contribution in [2.75, 3.05) is 6.61 Å². The Kier molecular flexibility index (Phi) is 16.0. The number of hydrogen-bond donors (Lipinski definition) is 3. The van der Waals surface area contributed by atoms with Gasteiger partial charge in [-0.05, 0) is 12.8 Å². The predicted molar refractivity (Wildman–Crippen MR) is 121 cm³/mol. The monoisotopic (exact) mass is 421 g/mol. The van der Waals surface area contributed by atoms with Crippen LogP contribution in [0.25, 0.3) is 0 Å². The zero-order valence-corrected chi connectivity index (χ0v) is 19.4. The van der Waals surface area contributed by atoms with Crippen LogP contribution in [0.3, 0.4) is 0 Å². The highest BCUT2D eigenvalue weighted by Crippen LogP contribution is 2.39. The summed E-state index contributed by atoms with van der Waals surface area (Å²) < 4.78 is 5.50. The Morgan fingerprint density at radius 1 is 0.821 bits per heavy atom. The van der Waals surface area contributed by atoms with Gasteiger partial charge in [0.25, 0.3) is 0 Å². The Morgan fingerprint density at radius 3 is 1.54 bits per heavy atom. The number of hydrogen-bond acceptors (Lipinski definition) is 4. The van der Waals surface area contributed by atoms with Crippen LogP contribution in [-0.4, -0.2) is 28.3 Å². The van der Waals surface area contributed by atoms with Crippen molar-refractivity contribution in [2.45, 2.75) is 135 Å². The van der Waals surface area contributed by atoms with E-state index >= 15 is 0 Å². The molecule has 0 aliphatic carbocycles. The third-order valence-corrected chi connectivity index (χ3v) is 6.38. The second-order valence-electron chi connectivity index (χ2n) is 8.72. The van der Waals surface area contributed by atoms with Crippen molar-refractivity contribution in [3.63, 3.8) is 0 Å². The molecule has 0 bridgehead atoms. The van der Waals surface area contributed by atoms with Gasteiger partial charge in [0.2, 0.25) is 0 Å². The van der Waals surface area contributed by atoms with Crippen LogP contribution in [0, 0.1) is 5.92 Å². The molecule has 0 aromatic carbocycles. The first-order chi connectivity index (χ1) is 13.0. The highest BCUT2D eigenvalue weighted by atomic mass is 35.5. The average Bonchev–Trinajstić information content (AvgIpc) is 2.63. The minimum absolute atomic E-state index is 0. The summed E-state index contributed by atoms with van der Waals surface area (Å²) in [6.45, 7) is 4.69. The summed E-state index contributed by atoms with van der Waals surface area (Å²) in [7, 11) is 0. The molecule has 1 saturated heterocycles. The van der Waals surface area contributed by atoms with E-state index < -0.39 is 11.5 Å². The lowest BCUT2D eigenvalue weighted by Gasteiger charge is -2.48. The van der Waals surface area contributed by atoms with Crippen LogP contribution in [-0.2, 0) is 4.74 Å². The molecule has 1 aliphatic heterocycles. The Balaban J connectivity index is 0.00000729. The molecule has 0 aromatic rings. The largest absolute Gasteiger partial charge is 0.365 e. The first-order valence-corrected chi connectivity index (χ1v) is 11.8. The highest BCUT2D eigenvalue weighted by molar-refractivity contribution is 5.85. The van der Waals surface area contributed by atoms with Gasteiger partial charge in [-0.15, -0.1) is 12.4 Å². The lowest BCUT2D eigenvalue weighted by molar-refractivity contribution is -0.287. The topological polar surface area (TPSA) is 75.7 Å². The summed E-state index contributed by atoms with van der Waals surface area (Å²) in [5, 5.41) is 20.6. The summed E-state index contributed by atoms with van der Waals surface area (Å²) in [6, 6.07) is 0. The van der Waals surface area contributed by atoms with Crippen molar-refractivity contribution < 1.29 is 14.9 Å². The number of nitrogens with two attached hydrogens (primary N) is 1. The molecule has 28 heavy (non-hydrogen) atoms. The quantitative estimate of drug-likeness (QED) is 0.185. The fourth-order valence-corrected chi connectivity index (χ4v) is 4.27. The summed E-state index contributed by atoms with van der Waals surface area (Å²) in [5.41, 5.74) is 5.38. The first kappa shape index (κ1) is 28.1. The van der Waals surface area contributed by atoms with Gasteiger partial charge in [-0.25, -0.2) is 0 Å². The normalized spacial score (nSPS) is 20.5. The molecule has 4 N–H and O–H groups in total. The first-order valence-electron chi connectivity index (χ1n) is 11.8. The maximum atomic E-state index is 10.3. The van der Waals surface area contributed by atoms with Crippen LogP contribution in [0.5, 0.6) is 0 Å². The van der Waals surface area contributed by atoms with Crippen molar-refractivity contribution in [1.82, 2.24) is 0 Å². The Hall–Kier alpha value is 0.130. The van der Waals surface area contributed by atoms with Gasteiger partial charge in [0.15, 0.2) is 5.79 Å². The van der Waals surface area contributed by atoms with Crippen LogP contribution in [0.2, 0.25) is 0 Å². The molecule has 1 rings (SSSR count). The van der Waals surface area contributed by atoms with Crippen LogP contribution >= 0.6 is 12.4 Å². The summed E-state index contributed by atoms with van der Waals surface area (Å²) >= 11 is 0. The summed E-state index contributed by atoms with van der Waals surface area (Å²) in [4.78, 5) is 0. The van der Waals surface area contributed by atoms with Gasteiger partial charge in [-0.1, -0.05) is 104 Å². The SMILES string of the molecule is CCCCCCCCCCCCCCCCC(C(O)(O)CC)C1(N)CCO1.Cl. The van der Waals surface area contributed by atoms with Gasteiger partial charge in [0.05, 0.1) is 12.5 Å². The van der Waals surface area contributed by atoms with Crippen LogP contribution in [0.15, 0.2) is 0 Å². The van der Waals surface area contributed by atoms with Crippen LogP contribution in [0.4, 0.5) is 0 Å². The highest BCUT2D eigenvalue weighted by Gasteiger charge is 2.50. The third-order valence-electron chi connectivity index (χ3n) is 6.38. The molecule has 0 radical (unpaired) electrons. The number of aliphatic hydroxyl groups is 2. The molecular formula is C23H48ClNO3. The zero-order chi connectivity index (χ0) is 20.0. The van der Waals surface area contributed by atoms with E-state index in [9.17, 15) is 10.2 Å². The fourth-order valence-electron chi connectivity index (χ4n) is 4.27. The van der Waals surface area contributed by atoms with E-state index in [-0.39, 0.29) is 18.3 Å². The molecule has 2 unspecified atom stereocenters. The summed E-state index contributed by atoms with van der Waals surface area (Å²) in [6.07, 6.45) is 20.3. The Morgan fingerprint density at radius 2 is 1.21 bits per heavy atom. The maximum absolute atomic E-state index is 10.3. The van der Waals surface area contributed by atoms with E-state index in [0.717, 1.165) is 25.7 Å². The molecule has 1 heterocycles. The van der Waals surface area contributed by atoms with E-state index in [1.165, 1.54) is 77.0 Å². The van der Waals surface area contributed by atoms with E-state index in [1.54, 1.807) is 6.92 Å². The lowest BCUT2D eigenvalue weighted by Crippen LogP contribution is -2.64. The molecule has 4 nitrogen and oxygen atoms in total. The fraction of sp³-hybridized carbons (Fsp3) is 1.00. The van der Waals surface area contributed by atoms with Gasteiger partial charge in [0.1, 0.15) is 5.72 Å². The molecule has 170 valence electrons. The second-order valence-corrected chi connectivity index (χ2v) is 8.72. The molecular weight excluding hydrogens is 374 g/mol. The van der Waals surface area contributed by atoms with Gasteiger partial charge in [-0.2, -0.15) is 0 Å². The minimum atomic E-state index is -1.72. The molecule has 1 aliphatic rings. The molecule has 0 aromatic heterocycles. The molecule has 1 fully saturated rings. The maximum Gasteiger partial charge on any atom is 0.169 e. The predicted octanol–water partition coefficient (Wildman–Crippen LogP) is 6.06. The third kappa shape index (κ3) is 10.8. The van der Waals surface area contributed by atoms with Gasteiger partial charge in [-0.3, -0.25) is 0 Å². The van der Waals surface area contributed by atoms with Crippen molar-refractivity contribution >= 4 is 12.4 Å². The van der Waals surface area contributed by atoms with E-state index in [2.05, 4.69) is 6.92 Å². The number of rotatable bonds is 18. The van der Waals surface area contributed by atoms with Crippen molar-refractivity contribution in [3.8, 4) is 0 Å². The standard InChI is InChI=1S/C23H47NO3.ClH/c1-3-5-6-7-8-9-10-11-12-13-14-15-16-17-18-21(23(25,26)4-2)22(24)19-20-27-22;/h21,25-26H,3-20,24H2,1-2H3;1H. The smallest absolute Gasteiger partial charge is 0.169 e. The number of unbranched alkanes of at least 4 members (excludes halogenated alkanes) is 13. The van der Waals surface area contributed by atoms with Crippen LogP contribution in [0.1, 0.15) is 123 Å². The van der Waals surface area contributed by atoms with Crippen LogP contribution < -0.4 is 5.73 Å². The van der Waals surface area contributed by atoms with Gasteiger partial charge >= 0.3 is 0 Å². The molecule has 0 spiro atoms. The molecule has 2 atom stereocenters. The number of halogens is 1. The summed E-state index contributed by atoms with van der Waals surface area (Å²) in [5.74, 6) is -2.10. The van der Waals surface area contributed by atoms with E-state index in [1.807, 2.05) is 0 Å². The minimum Gasteiger partial charge on any atom is -0.365 e. The molecule has 0 saturated carbocycles. The van der Waals surface area contributed by atoms with Gasteiger partial charge in [0, 0.05) is 6.42 Å². The zero-order valence-electron chi connectivity index (χ0n) is 18.6. The van der Waals surface area contributed by atoms with Crippen molar-refractivity contribution in [2.24, 2.45) is 11.7 Å². The Labute approximate surface area is 180 Å². The molecule has 0 amide bonds. The Bertz CT molecular complexity index is 350. The lowest BCUT2D eigenvalue weighted by atomic mass is 9.78. The number of ether oxygens (including phenoxy) is 1. The van der Waals surface area contributed by atoms with Crippen molar-refractivity contribution in [1.29, 1.82) is 0 Å². The second kappa shape index (κ2) is 15.9. The molecule has 5 heteroatoms.